The number of nitrogens with one attached hydrogen (secondary N) is 1. The highest BCUT2D eigenvalue weighted by Gasteiger charge is 2.28. The molecule has 1 fully saturated rings. The Bertz CT molecular complexity index is 917. The minimum atomic E-state index is -3.56. The summed E-state index contributed by atoms with van der Waals surface area (Å²) in [7, 11) is -3.56. The maximum absolute atomic E-state index is 12.9. The molecule has 0 saturated carbocycles. The van der Waals surface area contributed by atoms with E-state index in [1.54, 1.807) is 18.2 Å². The molecule has 0 bridgehead atoms. The second kappa shape index (κ2) is 8.23. The van der Waals surface area contributed by atoms with Crippen molar-refractivity contribution in [2.24, 2.45) is 5.92 Å². The fourth-order valence-electron chi connectivity index (χ4n) is 3.26. The first-order valence-electron chi connectivity index (χ1n) is 9.31. The van der Waals surface area contributed by atoms with E-state index < -0.39 is 10.0 Å². The Labute approximate surface area is 161 Å². The van der Waals surface area contributed by atoms with E-state index in [0.717, 1.165) is 24.0 Å². The molecule has 1 N–H and O–H groups in total. The summed E-state index contributed by atoms with van der Waals surface area (Å²) >= 11 is 0. The highest BCUT2D eigenvalue weighted by molar-refractivity contribution is 7.89. The highest BCUT2D eigenvalue weighted by Crippen LogP contribution is 2.24. The number of hydrogen-bond donors (Lipinski definition) is 1. The summed E-state index contributed by atoms with van der Waals surface area (Å²) in [5.74, 6) is 0.276. The Hall–Kier alpha value is -2.18. The van der Waals surface area contributed by atoms with Gasteiger partial charge in [-0.05, 0) is 55.0 Å². The number of nitrogens with zero attached hydrogens (tertiary/aromatic N) is 1. The minimum Gasteiger partial charge on any atom is -0.348 e. The minimum absolute atomic E-state index is 0.181. The molecule has 5 nitrogen and oxygen atoms in total. The van der Waals surface area contributed by atoms with Gasteiger partial charge in [0.1, 0.15) is 0 Å². The first kappa shape index (κ1) is 19.6. The predicted molar refractivity (Wildman–Crippen MR) is 106 cm³/mol. The van der Waals surface area contributed by atoms with E-state index in [-0.39, 0.29) is 10.8 Å². The summed E-state index contributed by atoms with van der Waals surface area (Å²) in [5, 5.41) is 2.87. The van der Waals surface area contributed by atoms with E-state index in [2.05, 4.69) is 12.2 Å². The van der Waals surface area contributed by atoms with Crippen molar-refractivity contribution in [3.8, 4) is 0 Å². The molecule has 3 rings (SSSR count). The molecule has 0 aliphatic carbocycles. The highest BCUT2D eigenvalue weighted by atomic mass is 32.2. The summed E-state index contributed by atoms with van der Waals surface area (Å²) in [6, 6.07) is 14.2. The van der Waals surface area contributed by atoms with Crippen LogP contribution in [0.1, 0.15) is 41.3 Å². The van der Waals surface area contributed by atoms with E-state index >= 15 is 0 Å². The molecule has 1 heterocycles. The quantitative estimate of drug-likeness (QED) is 0.857. The lowest BCUT2D eigenvalue weighted by molar-refractivity contribution is 0.0950. The Kier molecular flexibility index (Phi) is 5.97. The van der Waals surface area contributed by atoms with Crippen molar-refractivity contribution in [3.63, 3.8) is 0 Å². The maximum Gasteiger partial charge on any atom is 0.251 e. The van der Waals surface area contributed by atoms with Crippen molar-refractivity contribution in [1.29, 1.82) is 0 Å². The van der Waals surface area contributed by atoms with Crippen LogP contribution in [0.3, 0.4) is 0 Å². The van der Waals surface area contributed by atoms with Crippen molar-refractivity contribution >= 4 is 15.9 Å². The zero-order valence-corrected chi connectivity index (χ0v) is 16.6. The third-order valence-electron chi connectivity index (χ3n) is 5.18. The smallest absolute Gasteiger partial charge is 0.251 e. The lowest BCUT2D eigenvalue weighted by Gasteiger charge is -2.29. The van der Waals surface area contributed by atoms with E-state index in [1.807, 2.05) is 31.2 Å². The van der Waals surface area contributed by atoms with Crippen molar-refractivity contribution in [2.45, 2.75) is 38.1 Å². The van der Waals surface area contributed by atoms with E-state index in [9.17, 15) is 13.2 Å². The fourth-order valence-corrected chi connectivity index (χ4v) is 4.77. The number of sulfonamides is 1. The molecule has 0 aromatic heterocycles. The van der Waals surface area contributed by atoms with Gasteiger partial charge in [0.2, 0.25) is 10.0 Å². The van der Waals surface area contributed by atoms with Gasteiger partial charge in [0.05, 0.1) is 4.90 Å². The Morgan fingerprint density at radius 1 is 1.11 bits per heavy atom. The van der Waals surface area contributed by atoms with E-state index in [0.29, 0.717) is 31.1 Å². The molecule has 0 atom stereocenters. The molecule has 0 spiro atoms. The summed E-state index contributed by atoms with van der Waals surface area (Å²) in [6.45, 7) is 5.62. The van der Waals surface area contributed by atoms with Crippen LogP contribution in [0.2, 0.25) is 0 Å². The first-order valence-corrected chi connectivity index (χ1v) is 10.7. The number of hydrogen-bond acceptors (Lipinski definition) is 3. The van der Waals surface area contributed by atoms with Crippen molar-refractivity contribution < 1.29 is 13.2 Å². The molecular weight excluding hydrogens is 360 g/mol. The predicted octanol–water partition coefficient (Wildman–Crippen LogP) is 3.35. The maximum atomic E-state index is 12.9. The SMILES string of the molecule is Cc1ccccc1CNC(=O)c1cccc(S(=O)(=O)N2CCC(C)CC2)c1. The molecule has 2 aromatic rings. The lowest BCUT2D eigenvalue weighted by Crippen LogP contribution is -2.38. The standard InChI is InChI=1S/C21H26N2O3S/c1-16-10-12-23(13-11-16)27(25,26)20-9-5-8-18(14-20)21(24)22-15-19-7-4-3-6-17(19)2/h3-9,14,16H,10-13,15H2,1-2H3,(H,22,24). The third-order valence-corrected chi connectivity index (χ3v) is 7.07. The van der Waals surface area contributed by atoms with Gasteiger partial charge in [-0.15, -0.1) is 0 Å². The van der Waals surface area contributed by atoms with E-state index in [4.69, 9.17) is 0 Å². The summed E-state index contributed by atoms with van der Waals surface area (Å²) in [5.41, 5.74) is 2.50. The number of rotatable bonds is 5. The van der Waals surface area contributed by atoms with Crippen LogP contribution in [-0.4, -0.2) is 31.7 Å². The second-order valence-corrected chi connectivity index (χ2v) is 9.16. The lowest BCUT2D eigenvalue weighted by atomic mass is 10.0. The largest absolute Gasteiger partial charge is 0.348 e. The number of carbonyl (C=O) groups is 1. The Balaban J connectivity index is 1.73. The average molecular weight is 387 g/mol. The molecule has 0 unspecified atom stereocenters. The first-order chi connectivity index (χ1) is 12.9. The van der Waals surface area contributed by atoms with Crippen molar-refractivity contribution in [3.05, 3.63) is 65.2 Å². The van der Waals surface area contributed by atoms with Crippen LogP contribution in [0, 0.1) is 12.8 Å². The number of carbonyl (C=O) groups excluding carboxylic acids is 1. The molecule has 144 valence electrons. The van der Waals surface area contributed by atoms with Gasteiger partial charge in [-0.1, -0.05) is 37.3 Å². The average Bonchev–Trinajstić information content (AvgIpc) is 2.67. The zero-order valence-electron chi connectivity index (χ0n) is 15.8. The summed E-state index contributed by atoms with van der Waals surface area (Å²) in [6.07, 6.45) is 1.74. The number of piperidine rings is 1. The van der Waals surface area contributed by atoms with Crippen LogP contribution in [-0.2, 0) is 16.6 Å². The van der Waals surface area contributed by atoms with Crippen LogP contribution in [0.4, 0.5) is 0 Å². The summed E-state index contributed by atoms with van der Waals surface area (Å²) < 4.78 is 27.3. The van der Waals surface area contributed by atoms with Crippen LogP contribution < -0.4 is 5.32 Å². The molecule has 27 heavy (non-hydrogen) atoms. The summed E-state index contributed by atoms with van der Waals surface area (Å²) in [4.78, 5) is 12.7. The molecule has 1 aliphatic heterocycles. The second-order valence-electron chi connectivity index (χ2n) is 7.22. The number of aryl methyl sites for hydroxylation is 1. The molecule has 6 heteroatoms. The third kappa shape index (κ3) is 4.57. The van der Waals surface area contributed by atoms with E-state index in [1.165, 1.54) is 10.4 Å². The van der Waals surface area contributed by atoms with Crippen LogP contribution in [0.25, 0.3) is 0 Å². The van der Waals surface area contributed by atoms with Gasteiger partial charge in [-0.25, -0.2) is 8.42 Å². The fraction of sp³-hybridized carbons (Fsp3) is 0.381. The number of benzene rings is 2. The van der Waals surface area contributed by atoms with Gasteiger partial charge < -0.3 is 5.32 Å². The molecule has 1 amide bonds. The van der Waals surface area contributed by atoms with Gasteiger partial charge >= 0.3 is 0 Å². The van der Waals surface area contributed by atoms with Crippen LogP contribution in [0.15, 0.2) is 53.4 Å². The number of amides is 1. The normalized spacial score (nSPS) is 16.2. The van der Waals surface area contributed by atoms with Gasteiger partial charge in [0, 0.05) is 25.2 Å². The van der Waals surface area contributed by atoms with Crippen molar-refractivity contribution in [2.75, 3.05) is 13.1 Å². The molecule has 1 aliphatic rings. The van der Waals surface area contributed by atoms with Crippen molar-refractivity contribution in [1.82, 2.24) is 9.62 Å². The monoisotopic (exact) mass is 386 g/mol. The van der Waals surface area contributed by atoms with Crippen LogP contribution in [0.5, 0.6) is 0 Å². The Morgan fingerprint density at radius 2 is 1.81 bits per heavy atom. The van der Waals surface area contributed by atoms with Gasteiger partial charge in [0.15, 0.2) is 0 Å². The molecular formula is C21H26N2O3S. The Morgan fingerprint density at radius 3 is 2.52 bits per heavy atom. The topological polar surface area (TPSA) is 66.5 Å². The van der Waals surface area contributed by atoms with Gasteiger partial charge in [-0.2, -0.15) is 4.31 Å². The van der Waals surface area contributed by atoms with Gasteiger partial charge in [0.25, 0.3) is 5.91 Å². The molecule has 0 radical (unpaired) electrons. The molecule has 1 saturated heterocycles. The van der Waals surface area contributed by atoms with Crippen LogP contribution >= 0.6 is 0 Å². The van der Waals surface area contributed by atoms with Gasteiger partial charge in [-0.3, -0.25) is 4.79 Å². The molecule has 2 aromatic carbocycles. The zero-order chi connectivity index (χ0) is 19.4.